The molecular formula is C12H33NO2. The first-order valence-corrected chi connectivity index (χ1v) is 6.30. The van der Waals surface area contributed by atoms with Gasteiger partial charge in [-0.2, -0.15) is 0 Å². The largest absolute Gasteiger partial charge is 0.396 e. The predicted octanol–water partition coefficient (Wildman–Crippen LogP) is 2.81. The average Bonchev–Trinajstić information content (AvgIpc) is 2.33. The molecule has 0 unspecified atom stereocenters. The van der Waals surface area contributed by atoms with Crippen molar-refractivity contribution in [3.8, 4) is 0 Å². The van der Waals surface area contributed by atoms with Crippen molar-refractivity contribution in [2.24, 2.45) is 5.73 Å². The normalized spacial score (nSPS) is 8.40. The Kier molecular flexibility index (Phi) is 39.5. The summed E-state index contributed by atoms with van der Waals surface area (Å²) in [6, 6.07) is 0. The molecule has 0 rings (SSSR count). The number of unbranched alkanes of at least 4 members (excludes halogenated alkanes) is 2. The zero-order valence-corrected chi connectivity index (χ0v) is 11.1. The van der Waals surface area contributed by atoms with Crippen molar-refractivity contribution in [1.82, 2.24) is 0 Å². The molecule has 0 saturated heterocycles. The molecule has 3 heteroatoms. The highest BCUT2D eigenvalue weighted by atomic mass is 16.5. The monoisotopic (exact) mass is 223 g/mol. The molecule has 0 bridgehead atoms. The molecule has 0 aliphatic heterocycles. The average molecular weight is 223 g/mol. The number of ether oxygens (including phenoxy) is 1. The fraction of sp³-hybridized carbons (Fsp3) is 1.00. The Morgan fingerprint density at radius 1 is 0.933 bits per heavy atom. The van der Waals surface area contributed by atoms with E-state index < -0.39 is 0 Å². The van der Waals surface area contributed by atoms with Crippen molar-refractivity contribution < 1.29 is 11.3 Å². The van der Waals surface area contributed by atoms with Gasteiger partial charge in [0, 0.05) is 21.2 Å². The van der Waals surface area contributed by atoms with E-state index >= 15 is 0 Å². The quantitative estimate of drug-likeness (QED) is 0.622. The van der Waals surface area contributed by atoms with Crippen LogP contribution in [0, 0.1) is 0 Å². The summed E-state index contributed by atoms with van der Waals surface area (Å²) >= 11 is 0. The summed E-state index contributed by atoms with van der Waals surface area (Å²) in [6.45, 7) is 10.6. The number of aliphatic hydroxyl groups excluding tert-OH is 1. The summed E-state index contributed by atoms with van der Waals surface area (Å²) in [7, 11) is 0. The summed E-state index contributed by atoms with van der Waals surface area (Å²) in [5.41, 5.74) is 5.30. The van der Waals surface area contributed by atoms with Crippen LogP contribution in [-0.2, 0) is 4.74 Å². The highest BCUT2D eigenvalue weighted by Gasteiger charge is 1.88. The van der Waals surface area contributed by atoms with Gasteiger partial charge < -0.3 is 15.6 Å². The van der Waals surface area contributed by atoms with Crippen LogP contribution >= 0.6 is 0 Å². The molecule has 0 heterocycles. The first-order valence-electron chi connectivity index (χ1n) is 6.30. The smallest absolute Gasteiger partial charge is 0.0466 e. The summed E-state index contributed by atoms with van der Waals surface area (Å²) in [4.78, 5) is 0. The summed E-state index contributed by atoms with van der Waals surface area (Å²) in [5.74, 6) is 0. The van der Waals surface area contributed by atoms with Gasteiger partial charge in [0.1, 0.15) is 0 Å². The molecule has 0 fully saturated rings. The minimum atomic E-state index is 0. The molecule has 0 saturated carbocycles. The lowest BCUT2D eigenvalue weighted by atomic mass is 10.3. The van der Waals surface area contributed by atoms with E-state index in [2.05, 4.69) is 0 Å². The van der Waals surface area contributed by atoms with Crippen molar-refractivity contribution in [3.05, 3.63) is 0 Å². The molecule has 3 nitrogen and oxygen atoms in total. The lowest BCUT2D eigenvalue weighted by Crippen LogP contribution is -2.02. The number of rotatable bonds is 8. The van der Waals surface area contributed by atoms with E-state index in [-0.39, 0.29) is 8.03 Å². The predicted molar refractivity (Wildman–Crippen MR) is 70.2 cm³/mol. The van der Waals surface area contributed by atoms with E-state index in [9.17, 15) is 0 Å². The van der Waals surface area contributed by atoms with Crippen molar-refractivity contribution in [2.75, 3.05) is 26.4 Å². The second-order valence-corrected chi connectivity index (χ2v) is 2.54. The molecule has 0 aliphatic carbocycles. The second-order valence-electron chi connectivity index (χ2n) is 2.54. The molecular weight excluding hydrogens is 190 g/mol. The fourth-order valence-corrected chi connectivity index (χ4v) is 0.766. The zero-order chi connectivity index (χ0) is 12.4. The number of hydrogen-bond donors (Lipinski definition) is 2. The Balaban J connectivity index is -0.000000129. The summed E-state index contributed by atoms with van der Waals surface area (Å²) < 4.78 is 5.27. The van der Waals surface area contributed by atoms with Crippen LogP contribution in [0.25, 0.3) is 0 Å². The van der Waals surface area contributed by atoms with Crippen molar-refractivity contribution in [1.29, 1.82) is 0 Å². The van der Waals surface area contributed by atoms with Crippen LogP contribution in [0.1, 0.15) is 54.8 Å². The number of aliphatic hydroxyl groups is 1. The van der Waals surface area contributed by atoms with E-state index in [1.165, 1.54) is 0 Å². The third-order valence-electron chi connectivity index (χ3n) is 1.44. The zero-order valence-electron chi connectivity index (χ0n) is 11.1. The van der Waals surface area contributed by atoms with E-state index in [1.807, 2.05) is 27.7 Å². The van der Waals surface area contributed by atoms with Crippen LogP contribution < -0.4 is 5.73 Å². The highest BCUT2D eigenvalue weighted by molar-refractivity contribution is 4.40. The molecule has 0 aromatic carbocycles. The standard InChI is InChI=1S/C8H19NO2.2C2H6.H2/c9-5-1-3-7-11-8-4-2-6-10;2*1-2;/h10H,1-9H2;2*1-2H3;1H. The van der Waals surface area contributed by atoms with Crippen molar-refractivity contribution in [2.45, 2.75) is 53.4 Å². The molecule has 0 spiro atoms. The van der Waals surface area contributed by atoms with Crippen molar-refractivity contribution >= 4 is 0 Å². The molecule has 0 aliphatic rings. The minimum absolute atomic E-state index is 0. The SMILES string of the molecule is CC.CC.NCCCCOCCCCO.[HH]. The molecule has 0 radical (unpaired) electrons. The second kappa shape index (κ2) is 29.2. The van der Waals surface area contributed by atoms with Crippen LogP contribution in [0.4, 0.5) is 0 Å². The number of nitrogens with two attached hydrogens (primary N) is 1. The Hall–Kier alpha value is -0.120. The van der Waals surface area contributed by atoms with Gasteiger partial charge >= 0.3 is 0 Å². The first-order chi connectivity index (χ1) is 7.41. The van der Waals surface area contributed by atoms with Gasteiger partial charge in [0.25, 0.3) is 0 Å². The van der Waals surface area contributed by atoms with Crippen molar-refractivity contribution in [3.63, 3.8) is 0 Å². The van der Waals surface area contributed by atoms with Crippen LogP contribution in [0.15, 0.2) is 0 Å². The van der Waals surface area contributed by atoms with E-state index in [4.69, 9.17) is 15.6 Å². The maximum atomic E-state index is 8.43. The van der Waals surface area contributed by atoms with Crippen LogP contribution in [0.3, 0.4) is 0 Å². The molecule has 0 amide bonds. The van der Waals surface area contributed by atoms with Gasteiger partial charge in [-0.25, -0.2) is 0 Å². The van der Waals surface area contributed by atoms with Gasteiger partial charge in [-0.15, -0.1) is 0 Å². The Morgan fingerprint density at radius 2 is 1.40 bits per heavy atom. The first kappa shape index (κ1) is 20.3. The highest BCUT2D eigenvalue weighted by Crippen LogP contribution is 1.91. The molecule has 3 N–H and O–H groups in total. The van der Waals surface area contributed by atoms with Gasteiger partial charge in [-0.05, 0) is 32.2 Å². The Bertz CT molecular complexity index is 68.0. The van der Waals surface area contributed by atoms with E-state index in [0.717, 1.165) is 45.4 Å². The molecule has 0 atom stereocenters. The minimum Gasteiger partial charge on any atom is -0.396 e. The van der Waals surface area contributed by atoms with Gasteiger partial charge in [-0.1, -0.05) is 27.7 Å². The van der Waals surface area contributed by atoms with Crippen LogP contribution in [0.2, 0.25) is 0 Å². The van der Waals surface area contributed by atoms with Gasteiger partial charge in [0.15, 0.2) is 0 Å². The third kappa shape index (κ3) is 31.5. The molecule has 98 valence electrons. The Labute approximate surface area is 97.5 Å². The fourth-order valence-electron chi connectivity index (χ4n) is 0.766. The van der Waals surface area contributed by atoms with Crippen LogP contribution in [0.5, 0.6) is 0 Å². The molecule has 0 aromatic rings. The lowest BCUT2D eigenvalue weighted by Gasteiger charge is -2.01. The van der Waals surface area contributed by atoms with Gasteiger partial charge in [0.2, 0.25) is 0 Å². The maximum Gasteiger partial charge on any atom is 0.0466 e. The number of hydrogen-bond acceptors (Lipinski definition) is 3. The molecule has 15 heavy (non-hydrogen) atoms. The van der Waals surface area contributed by atoms with Gasteiger partial charge in [-0.3, -0.25) is 0 Å². The van der Waals surface area contributed by atoms with Crippen LogP contribution in [-0.4, -0.2) is 31.5 Å². The Morgan fingerprint density at radius 3 is 1.80 bits per heavy atom. The van der Waals surface area contributed by atoms with E-state index in [1.54, 1.807) is 0 Å². The molecule has 0 aromatic heterocycles. The van der Waals surface area contributed by atoms with Gasteiger partial charge in [0.05, 0.1) is 0 Å². The third-order valence-corrected chi connectivity index (χ3v) is 1.44. The lowest BCUT2D eigenvalue weighted by molar-refractivity contribution is 0.122. The topological polar surface area (TPSA) is 55.5 Å². The maximum absolute atomic E-state index is 8.43. The summed E-state index contributed by atoms with van der Waals surface area (Å²) in [5, 5.41) is 8.43. The van der Waals surface area contributed by atoms with E-state index in [0.29, 0.717) is 0 Å². The summed E-state index contributed by atoms with van der Waals surface area (Å²) in [6.07, 6.45) is 3.89.